The van der Waals surface area contributed by atoms with E-state index in [1.807, 2.05) is 0 Å². The normalized spacial score (nSPS) is 11.1. The minimum Gasteiger partial charge on any atom is -0.497 e. The molecule has 10 heteroatoms. The summed E-state index contributed by atoms with van der Waals surface area (Å²) in [6.07, 6.45) is 0. The van der Waals surface area contributed by atoms with Crippen LogP contribution in [0.1, 0.15) is 10.5 Å². The van der Waals surface area contributed by atoms with Crippen LogP contribution >= 0.6 is 27.3 Å². The number of aromatic carboxylic acids is 1. The van der Waals surface area contributed by atoms with Crippen LogP contribution in [-0.4, -0.2) is 31.6 Å². The number of benzene rings is 1. The molecular weight excluding hydrogens is 384 g/mol. The minimum absolute atomic E-state index is 0.242. The van der Waals surface area contributed by atoms with Gasteiger partial charge in [0.05, 0.1) is 18.3 Å². The molecule has 0 amide bonds. The van der Waals surface area contributed by atoms with Gasteiger partial charge >= 0.3 is 5.97 Å². The molecule has 0 fully saturated rings. The van der Waals surface area contributed by atoms with E-state index in [1.54, 1.807) is 6.07 Å². The summed E-state index contributed by atoms with van der Waals surface area (Å²) in [5.74, 6) is -0.951. The number of hydrogen-bond donors (Lipinski definition) is 2. The fourth-order valence-corrected chi connectivity index (χ4v) is 4.16. The number of aromatic nitrogens is 1. The van der Waals surface area contributed by atoms with Crippen LogP contribution in [0.4, 0.5) is 5.69 Å². The number of nitrogens with zero attached hydrogens (tertiary/aromatic N) is 1. The Morgan fingerprint density at radius 3 is 2.76 bits per heavy atom. The van der Waals surface area contributed by atoms with Crippen molar-refractivity contribution in [3.8, 4) is 5.75 Å². The van der Waals surface area contributed by atoms with Gasteiger partial charge in [-0.05, 0) is 12.1 Å². The highest BCUT2D eigenvalue weighted by Gasteiger charge is 2.26. The Kier molecular flexibility index (Phi) is 4.49. The van der Waals surface area contributed by atoms with Gasteiger partial charge in [0.1, 0.15) is 5.75 Å². The second kappa shape index (κ2) is 6.00. The first-order valence-corrected chi connectivity index (χ1v) is 8.53. The molecule has 2 N–H and O–H groups in total. The maximum Gasteiger partial charge on any atom is 0.356 e. The zero-order valence-electron chi connectivity index (χ0n) is 10.5. The van der Waals surface area contributed by atoms with Crippen LogP contribution in [0.2, 0.25) is 0 Å². The van der Waals surface area contributed by atoms with E-state index in [9.17, 15) is 13.2 Å². The summed E-state index contributed by atoms with van der Waals surface area (Å²) in [6, 6.07) is 4.67. The van der Waals surface area contributed by atoms with E-state index in [1.165, 1.54) is 24.8 Å². The molecule has 112 valence electrons. The Bertz CT molecular complexity index is 788. The van der Waals surface area contributed by atoms with Gasteiger partial charge in [-0.3, -0.25) is 4.72 Å². The van der Waals surface area contributed by atoms with Crippen LogP contribution in [-0.2, 0) is 10.0 Å². The largest absolute Gasteiger partial charge is 0.497 e. The lowest BCUT2D eigenvalue weighted by molar-refractivity contribution is 0.0687. The number of sulfonamides is 1. The van der Waals surface area contributed by atoms with E-state index >= 15 is 0 Å². The first-order valence-electron chi connectivity index (χ1n) is 5.37. The molecule has 2 rings (SSSR count). The zero-order valence-corrected chi connectivity index (χ0v) is 13.8. The molecule has 1 aromatic carbocycles. The van der Waals surface area contributed by atoms with Crippen molar-refractivity contribution < 1.29 is 23.1 Å². The Labute approximate surface area is 132 Å². The molecular formula is C11H9BrN2O5S2. The number of methoxy groups -OCH3 is 1. The van der Waals surface area contributed by atoms with Gasteiger partial charge in [0.2, 0.25) is 0 Å². The monoisotopic (exact) mass is 392 g/mol. The molecule has 7 nitrogen and oxygen atoms in total. The fourth-order valence-electron chi connectivity index (χ4n) is 1.51. The number of hydrogen-bond acceptors (Lipinski definition) is 6. The standard InChI is InChI=1S/C11H9BrN2O5S2/c1-19-8-3-6(12)2-7(4-8)14-21(17,18)11-9(10(15)16)13-5-20-11/h2-5,14H,1H3,(H,15,16). The predicted molar refractivity (Wildman–Crippen MR) is 80.6 cm³/mol. The van der Waals surface area contributed by atoms with Crippen LogP contribution in [0.3, 0.4) is 0 Å². The SMILES string of the molecule is COc1cc(Br)cc(NS(=O)(=O)c2scnc2C(=O)O)c1. The first-order chi connectivity index (χ1) is 9.83. The molecule has 0 aliphatic heterocycles. The van der Waals surface area contributed by atoms with Crippen molar-refractivity contribution in [2.75, 3.05) is 11.8 Å². The number of carboxylic acids is 1. The average Bonchev–Trinajstić information content (AvgIpc) is 2.87. The Hall–Kier alpha value is -1.65. The number of rotatable bonds is 5. The molecule has 0 radical (unpaired) electrons. The predicted octanol–water partition coefficient (Wildman–Crippen LogP) is 2.41. The fraction of sp³-hybridized carbons (Fsp3) is 0.0909. The number of halogens is 1. The summed E-state index contributed by atoms with van der Waals surface area (Å²) in [7, 11) is -2.59. The Balaban J connectivity index is 2.40. The number of nitrogens with one attached hydrogen (secondary N) is 1. The van der Waals surface area contributed by atoms with Crippen molar-refractivity contribution in [1.82, 2.24) is 4.98 Å². The maximum absolute atomic E-state index is 12.2. The van der Waals surface area contributed by atoms with Gasteiger partial charge < -0.3 is 9.84 Å². The van der Waals surface area contributed by atoms with E-state index in [4.69, 9.17) is 9.84 Å². The molecule has 0 spiro atoms. The van der Waals surface area contributed by atoms with Gasteiger partial charge in [-0.1, -0.05) is 15.9 Å². The van der Waals surface area contributed by atoms with Gasteiger partial charge in [-0.25, -0.2) is 18.2 Å². The lowest BCUT2D eigenvalue weighted by Crippen LogP contribution is -2.15. The third-order valence-electron chi connectivity index (χ3n) is 2.34. The molecule has 0 aliphatic carbocycles. The highest BCUT2D eigenvalue weighted by atomic mass is 79.9. The molecule has 0 unspecified atom stereocenters. The second-order valence-electron chi connectivity index (χ2n) is 3.78. The van der Waals surface area contributed by atoms with E-state index in [0.717, 1.165) is 11.3 Å². The minimum atomic E-state index is -4.04. The van der Waals surface area contributed by atoms with E-state index in [0.29, 0.717) is 10.2 Å². The van der Waals surface area contributed by atoms with Gasteiger partial charge in [-0.2, -0.15) is 0 Å². The molecule has 21 heavy (non-hydrogen) atoms. The third-order valence-corrected chi connectivity index (χ3v) is 5.55. The topological polar surface area (TPSA) is 106 Å². The van der Waals surface area contributed by atoms with Crippen molar-refractivity contribution in [1.29, 1.82) is 0 Å². The second-order valence-corrected chi connectivity index (χ2v) is 7.43. The number of anilines is 1. The highest BCUT2D eigenvalue weighted by Crippen LogP contribution is 2.28. The lowest BCUT2D eigenvalue weighted by Gasteiger charge is -2.09. The van der Waals surface area contributed by atoms with Crippen LogP contribution in [0.25, 0.3) is 0 Å². The molecule has 0 saturated carbocycles. The van der Waals surface area contributed by atoms with Crippen molar-refractivity contribution in [2.45, 2.75) is 4.21 Å². The van der Waals surface area contributed by atoms with Gasteiger partial charge in [0.25, 0.3) is 10.0 Å². The van der Waals surface area contributed by atoms with Crippen molar-refractivity contribution in [2.24, 2.45) is 0 Å². The lowest BCUT2D eigenvalue weighted by atomic mass is 10.3. The molecule has 1 heterocycles. The van der Waals surface area contributed by atoms with Crippen LogP contribution in [0, 0.1) is 0 Å². The van der Waals surface area contributed by atoms with Crippen LogP contribution in [0.5, 0.6) is 5.75 Å². The van der Waals surface area contributed by atoms with E-state index < -0.39 is 21.7 Å². The zero-order chi connectivity index (χ0) is 15.6. The van der Waals surface area contributed by atoms with E-state index in [2.05, 4.69) is 25.6 Å². The maximum atomic E-state index is 12.2. The molecule has 0 saturated heterocycles. The Morgan fingerprint density at radius 1 is 1.43 bits per heavy atom. The summed E-state index contributed by atoms with van der Waals surface area (Å²) in [4.78, 5) is 14.5. The van der Waals surface area contributed by atoms with Crippen molar-refractivity contribution in [3.63, 3.8) is 0 Å². The summed E-state index contributed by atoms with van der Waals surface area (Å²) in [6.45, 7) is 0. The van der Waals surface area contributed by atoms with Crippen LogP contribution < -0.4 is 9.46 Å². The van der Waals surface area contributed by atoms with Crippen molar-refractivity contribution in [3.05, 3.63) is 33.9 Å². The van der Waals surface area contributed by atoms with Crippen molar-refractivity contribution >= 4 is 48.9 Å². The molecule has 2 aromatic rings. The molecule has 1 aromatic heterocycles. The quantitative estimate of drug-likeness (QED) is 0.808. The molecule has 0 aliphatic rings. The van der Waals surface area contributed by atoms with Gasteiger partial charge in [-0.15, -0.1) is 11.3 Å². The molecule has 0 bridgehead atoms. The number of carboxylic acid groups (broad SMARTS) is 1. The summed E-state index contributed by atoms with van der Waals surface area (Å²) in [5.41, 5.74) is 0.903. The number of carbonyl (C=O) groups is 1. The van der Waals surface area contributed by atoms with Gasteiger partial charge in [0, 0.05) is 10.5 Å². The number of ether oxygens (including phenoxy) is 1. The highest BCUT2D eigenvalue weighted by molar-refractivity contribution is 9.10. The van der Waals surface area contributed by atoms with E-state index in [-0.39, 0.29) is 9.90 Å². The molecule has 0 atom stereocenters. The van der Waals surface area contributed by atoms with Gasteiger partial charge in [0.15, 0.2) is 9.90 Å². The third kappa shape index (κ3) is 3.52. The number of thiazole rings is 1. The van der Waals surface area contributed by atoms with Crippen LogP contribution in [0.15, 0.2) is 32.4 Å². The first kappa shape index (κ1) is 15.7. The smallest absolute Gasteiger partial charge is 0.356 e. The summed E-state index contributed by atoms with van der Waals surface area (Å²) < 4.78 is 32.1. The summed E-state index contributed by atoms with van der Waals surface area (Å²) in [5, 5.41) is 8.93. The average molecular weight is 393 g/mol. The Morgan fingerprint density at radius 2 is 2.14 bits per heavy atom. The summed E-state index contributed by atoms with van der Waals surface area (Å²) >= 11 is 3.96.